The number of halogens is 1. The summed E-state index contributed by atoms with van der Waals surface area (Å²) in [6.45, 7) is 0. The van der Waals surface area contributed by atoms with Gasteiger partial charge in [0.05, 0.1) is 0 Å². The molecular weight excluding hydrogens is 198 g/mol. The summed E-state index contributed by atoms with van der Waals surface area (Å²) >= 11 is 3.16. The molecule has 3 nitrogen and oxygen atoms in total. The van der Waals surface area contributed by atoms with E-state index in [-0.39, 0.29) is 5.56 Å². The first kappa shape index (κ1) is 7.34. The maximum Gasteiger partial charge on any atom is 0.284 e. The van der Waals surface area contributed by atoms with E-state index in [9.17, 15) is 4.79 Å². The number of aromatic nitrogens is 1. The quantitative estimate of drug-likeness (QED) is 0.673. The third kappa shape index (κ3) is 1.39. The van der Waals surface area contributed by atoms with Gasteiger partial charge in [0.1, 0.15) is 7.11 Å². The topological polar surface area (TPSA) is 31.2 Å². The van der Waals surface area contributed by atoms with Crippen LogP contribution in [0, 0.1) is 0 Å². The molecule has 1 heterocycles. The second-order valence-electron chi connectivity index (χ2n) is 1.69. The van der Waals surface area contributed by atoms with E-state index in [0.29, 0.717) is 0 Å². The van der Waals surface area contributed by atoms with E-state index >= 15 is 0 Å². The highest BCUT2D eigenvalue weighted by atomic mass is 79.9. The molecule has 1 aromatic rings. The molecular formula is C6H6BrNO2. The summed E-state index contributed by atoms with van der Waals surface area (Å²) in [4.78, 5) is 15.6. The molecule has 10 heavy (non-hydrogen) atoms. The lowest BCUT2D eigenvalue weighted by atomic mass is 10.5. The lowest BCUT2D eigenvalue weighted by molar-refractivity contribution is 0.157. The van der Waals surface area contributed by atoms with Gasteiger partial charge in [0.2, 0.25) is 0 Å². The van der Waals surface area contributed by atoms with E-state index in [2.05, 4.69) is 20.8 Å². The molecule has 0 atom stereocenters. The fourth-order valence-electron chi connectivity index (χ4n) is 0.593. The van der Waals surface area contributed by atoms with Gasteiger partial charge in [-0.3, -0.25) is 4.79 Å². The zero-order valence-corrected chi connectivity index (χ0v) is 6.96. The Bertz CT molecular complexity index is 281. The first-order chi connectivity index (χ1) is 4.74. The van der Waals surface area contributed by atoms with Crippen molar-refractivity contribution in [1.29, 1.82) is 0 Å². The molecule has 0 unspecified atom stereocenters. The van der Waals surface area contributed by atoms with Gasteiger partial charge in [-0.25, -0.2) is 0 Å². The second kappa shape index (κ2) is 2.88. The summed E-state index contributed by atoms with van der Waals surface area (Å²) in [6, 6.07) is 3.16. The van der Waals surface area contributed by atoms with Crippen LogP contribution < -0.4 is 10.4 Å². The molecule has 0 radical (unpaired) electrons. The third-order valence-electron chi connectivity index (χ3n) is 1.04. The Morgan fingerprint density at radius 3 is 2.90 bits per heavy atom. The van der Waals surface area contributed by atoms with Gasteiger partial charge in [0.15, 0.2) is 0 Å². The summed E-state index contributed by atoms with van der Waals surface area (Å²) in [5.74, 6) is 0. The fraction of sp³-hybridized carbons (Fsp3) is 0.167. The van der Waals surface area contributed by atoms with Gasteiger partial charge in [-0.05, 0) is 6.07 Å². The summed E-state index contributed by atoms with van der Waals surface area (Å²) < 4.78 is 1.90. The van der Waals surface area contributed by atoms with Crippen LogP contribution in [0.4, 0.5) is 0 Å². The largest absolute Gasteiger partial charge is 0.414 e. The van der Waals surface area contributed by atoms with Crippen molar-refractivity contribution >= 4 is 15.9 Å². The predicted octanol–water partition coefficient (Wildman–Crippen LogP) is 0.669. The Kier molecular flexibility index (Phi) is 2.11. The van der Waals surface area contributed by atoms with Crippen LogP contribution in [0.25, 0.3) is 0 Å². The van der Waals surface area contributed by atoms with Crippen molar-refractivity contribution in [3.05, 3.63) is 33.2 Å². The SMILES string of the molecule is COn1ccc(Br)cc1=O. The number of nitrogens with zero attached hydrogens (tertiary/aromatic N) is 1. The molecule has 0 spiro atoms. The second-order valence-corrected chi connectivity index (χ2v) is 2.61. The van der Waals surface area contributed by atoms with Crippen molar-refractivity contribution in [2.24, 2.45) is 0 Å². The summed E-state index contributed by atoms with van der Waals surface area (Å²) in [5, 5.41) is 0. The molecule has 0 amide bonds. The monoisotopic (exact) mass is 203 g/mol. The highest BCUT2D eigenvalue weighted by Crippen LogP contribution is 2.02. The Morgan fingerprint density at radius 1 is 1.70 bits per heavy atom. The minimum atomic E-state index is -0.183. The normalized spacial score (nSPS) is 9.40. The molecule has 1 rings (SSSR count). The van der Waals surface area contributed by atoms with Crippen LogP contribution in [-0.4, -0.2) is 11.8 Å². The first-order valence-electron chi connectivity index (χ1n) is 2.67. The zero-order chi connectivity index (χ0) is 7.56. The molecule has 0 aromatic carbocycles. The molecule has 0 aliphatic heterocycles. The van der Waals surface area contributed by atoms with E-state index in [4.69, 9.17) is 0 Å². The van der Waals surface area contributed by atoms with Crippen LogP contribution in [0.3, 0.4) is 0 Å². The molecule has 0 bridgehead atoms. The Balaban J connectivity index is 3.20. The van der Waals surface area contributed by atoms with Gasteiger partial charge in [-0.15, -0.1) is 0 Å². The lowest BCUT2D eigenvalue weighted by Crippen LogP contribution is -2.22. The van der Waals surface area contributed by atoms with Crippen LogP contribution in [0.1, 0.15) is 0 Å². The number of rotatable bonds is 1. The van der Waals surface area contributed by atoms with Gasteiger partial charge in [-0.2, -0.15) is 4.73 Å². The van der Waals surface area contributed by atoms with Gasteiger partial charge < -0.3 is 4.84 Å². The minimum absolute atomic E-state index is 0.183. The molecule has 4 heteroatoms. The third-order valence-corrected chi connectivity index (χ3v) is 1.54. The van der Waals surface area contributed by atoms with Crippen LogP contribution >= 0.6 is 15.9 Å². The van der Waals surface area contributed by atoms with Crippen LogP contribution in [0.15, 0.2) is 27.6 Å². The molecule has 0 aliphatic carbocycles. The fourth-order valence-corrected chi connectivity index (χ4v) is 0.907. The highest BCUT2D eigenvalue weighted by Gasteiger charge is 1.92. The van der Waals surface area contributed by atoms with Crippen molar-refractivity contribution in [1.82, 2.24) is 4.73 Å². The maximum absolute atomic E-state index is 10.9. The first-order valence-corrected chi connectivity index (χ1v) is 3.46. The van der Waals surface area contributed by atoms with E-state index in [1.807, 2.05) is 0 Å². The number of hydrogen-bond donors (Lipinski definition) is 0. The maximum atomic E-state index is 10.9. The van der Waals surface area contributed by atoms with Crippen molar-refractivity contribution in [2.45, 2.75) is 0 Å². The molecule has 0 N–H and O–H groups in total. The standard InChI is InChI=1S/C6H6BrNO2/c1-10-8-3-2-5(7)4-6(8)9/h2-4H,1H3. The van der Waals surface area contributed by atoms with Crippen molar-refractivity contribution in [3.63, 3.8) is 0 Å². The molecule has 54 valence electrons. The minimum Gasteiger partial charge on any atom is -0.414 e. The average molecular weight is 204 g/mol. The predicted molar refractivity (Wildman–Crippen MR) is 40.9 cm³/mol. The van der Waals surface area contributed by atoms with E-state index in [1.54, 1.807) is 12.3 Å². The molecule has 0 aliphatic rings. The van der Waals surface area contributed by atoms with E-state index in [1.165, 1.54) is 13.2 Å². The van der Waals surface area contributed by atoms with E-state index in [0.717, 1.165) is 9.20 Å². The Morgan fingerprint density at radius 2 is 2.40 bits per heavy atom. The average Bonchev–Trinajstić information content (AvgIpc) is 1.88. The van der Waals surface area contributed by atoms with Crippen molar-refractivity contribution in [2.75, 3.05) is 7.11 Å². The zero-order valence-electron chi connectivity index (χ0n) is 5.37. The van der Waals surface area contributed by atoms with Crippen LogP contribution in [0.2, 0.25) is 0 Å². The smallest absolute Gasteiger partial charge is 0.284 e. The Hall–Kier alpha value is -0.770. The summed E-state index contributed by atoms with van der Waals surface area (Å²) in [7, 11) is 1.44. The van der Waals surface area contributed by atoms with Crippen LogP contribution in [-0.2, 0) is 0 Å². The van der Waals surface area contributed by atoms with Crippen molar-refractivity contribution < 1.29 is 4.84 Å². The van der Waals surface area contributed by atoms with Gasteiger partial charge in [0, 0.05) is 16.7 Å². The molecule has 1 aromatic heterocycles. The number of hydrogen-bond acceptors (Lipinski definition) is 2. The highest BCUT2D eigenvalue weighted by molar-refractivity contribution is 9.10. The summed E-state index contributed by atoms with van der Waals surface area (Å²) in [5.41, 5.74) is -0.183. The Labute approximate surface area is 66.3 Å². The van der Waals surface area contributed by atoms with Gasteiger partial charge in [-0.1, -0.05) is 15.9 Å². The van der Waals surface area contributed by atoms with Gasteiger partial charge in [0.25, 0.3) is 5.56 Å². The van der Waals surface area contributed by atoms with Crippen LogP contribution in [0.5, 0.6) is 0 Å². The summed E-state index contributed by atoms with van der Waals surface area (Å²) in [6.07, 6.45) is 1.55. The molecule has 0 saturated heterocycles. The lowest BCUT2D eigenvalue weighted by Gasteiger charge is -2.00. The van der Waals surface area contributed by atoms with Crippen molar-refractivity contribution in [3.8, 4) is 0 Å². The number of pyridine rings is 1. The molecule has 0 saturated carbocycles. The van der Waals surface area contributed by atoms with Gasteiger partial charge >= 0.3 is 0 Å². The molecule has 0 fully saturated rings. The van der Waals surface area contributed by atoms with E-state index < -0.39 is 0 Å².